The Morgan fingerprint density at radius 1 is 1.24 bits per heavy atom. The quantitative estimate of drug-likeness (QED) is 0.850. The van der Waals surface area contributed by atoms with Gasteiger partial charge >= 0.3 is 0 Å². The number of anilines is 1. The summed E-state index contributed by atoms with van der Waals surface area (Å²) in [5.74, 6) is 1.12. The van der Waals surface area contributed by atoms with E-state index in [9.17, 15) is 0 Å². The van der Waals surface area contributed by atoms with Crippen molar-refractivity contribution in [3.8, 4) is 5.95 Å². The van der Waals surface area contributed by atoms with E-state index >= 15 is 0 Å². The minimum atomic E-state index is 0.203. The van der Waals surface area contributed by atoms with Crippen LogP contribution in [0.5, 0.6) is 0 Å². The second-order valence-electron chi connectivity index (χ2n) is 5.10. The summed E-state index contributed by atoms with van der Waals surface area (Å²) in [7, 11) is 0. The number of rotatable bonds is 3. The van der Waals surface area contributed by atoms with Crippen LogP contribution in [-0.4, -0.2) is 61.6 Å². The van der Waals surface area contributed by atoms with Crippen LogP contribution in [0.15, 0.2) is 18.7 Å². The highest BCUT2D eigenvalue weighted by atomic mass is 35.5. The van der Waals surface area contributed by atoms with Crippen LogP contribution in [0, 0.1) is 0 Å². The SMILES string of the molecule is CCN1CCN(c2nc(Cl)nc(-n3ccnc3)n2)CC1C. The van der Waals surface area contributed by atoms with Crippen molar-refractivity contribution in [2.75, 3.05) is 31.1 Å². The fourth-order valence-electron chi connectivity index (χ4n) is 2.61. The van der Waals surface area contributed by atoms with Gasteiger partial charge in [-0.15, -0.1) is 0 Å². The average molecular weight is 308 g/mol. The first-order valence-corrected chi connectivity index (χ1v) is 7.44. The topological polar surface area (TPSA) is 63.0 Å². The lowest BCUT2D eigenvalue weighted by Gasteiger charge is -2.39. The van der Waals surface area contributed by atoms with Gasteiger partial charge in [-0.1, -0.05) is 6.92 Å². The minimum Gasteiger partial charge on any atom is -0.338 e. The molecule has 0 amide bonds. The van der Waals surface area contributed by atoms with Crippen molar-refractivity contribution in [1.29, 1.82) is 0 Å². The molecular formula is C13H18ClN7. The average Bonchev–Trinajstić information content (AvgIpc) is 3.01. The Hall–Kier alpha value is -1.73. The van der Waals surface area contributed by atoms with E-state index in [0.717, 1.165) is 26.2 Å². The van der Waals surface area contributed by atoms with Gasteiger partial charge in [-0.3, -0.25) is 9.47 Å². The third-order valence-corrected chi connectivity index (χ3v) is 3.94. The van der Waals surface area contributed by atoms with Gasteiger partial charge in [-0.2, -0.15) is 15.0 Å². The minimum absolute atomic E-state index is 0.203. The molecule has 0 aliphatic carbocycles. The summed E-state index contributed by atoms with van der Waals surface area (Å²) in [6.45, 7) is 8.24. The molecular weight excluding hydrogens is 290 g/mol. The van der Waals surface area contributed by atoms with Crippen LogP contribution in [0.25, 0.3) is 5.95 Å². The fraction of sp³-hybridized carbons (Fsp3) is 0.538. The maximum absolute atomic E-state index is 6.05. The Kier molecular flexibility index (Phi) is 4.03. The van der Waals surface area contributed by atoms with Crippen molar-refractivity contribution in [1.82, 2.24) is 29.4 Å². The standard InChI is InChI=1S/C13H18ClN7/c1-3-19-6-7-20(8-10(19)2)12-16-11(14)17-13(18-12)21-5-4-15-9-21/h4-5,9-10H,3,6-8H2,1-2H3. The highest BCUT2D eigenvalue weighted by molar-refractivity contribution is 6.28. The summed E-state index contributed by atoms with van der Waals surface area (Å²) in [6.07, 6.45) is 5.11. The van der Waals surface area contributed by atoms with Crippen molar-refractivity contribution in [2.45, 2.75) is 19.9 Å². The Bertz CT molecular complexity index is 601. The second kappa shape index (κ2) is 5.95. The largest absolute Gasteiger partial charge is 0.338 e. The predicted octanol–water partition coefficient (Wildman–Crippen LogP) is 1.24. The predicted molar refractivity (Wildman–Crippen MR) is 80.9 cm³/mol. The van der Waals surface area contributed by atoms with Crippen molar-refractivity contribution in [3.63, 3.8) is 0 Å². The molecule has 3 heterocycles. The molecule has 0 bridgehead atoms. The molecule has 1 atom stereocenters. The Balaban J connectivity index is 1.86. The molecule has 1 fully saturated rings. The summed E-state index contributed by atoms with van der Waals surface area (Å²) < 4.78 is 1.72. The van der Waals surface area contributed by atoms with Gasteiger partial charge < -0.3 is 4.90 Å². The number of hydrogen-bond donors (Lipinski definition) is 0. The molecule has 0 saturated carbocycles. The smallest absolute Gasteiger partial charge is 0.241 e. The van der Waals surface area contributed by atoms with Crippen LogP contribution < -0.4 is 4.90 Å². The number of likely N-dealkylation sites (N-methyl/N-ethyl adjacent to an activating group) is 1. The molecule has 1 aliphatic rings. The molecule has 1 aliphatic heterocycles. The molecule has 8 heteroatoms. The van der Waals surface area contributed by atoms with Crippen LogP contribution in [0.1, 0.15) is 13.8 Å². The molecule has 2 aromatic heterocycles. The molecule has 1 unspecified atom stereocenters. The van der Waals surface area contributed by atoms with Gasteiger partial charge in [0.2, 0.25) is 17.2 Å². The van der Waals surface area contributed by atoms with Crippen LogP contribution in [0.2, 0.25) is 5.28 Å². The lowest BCUT2D eigenvalue weighted by atomic mass is 10.2. The van der Waals surface area contributed by atoms with E-state index < -0.39 is 0 Å². The Labute approximate surface area is 128 Å². The lowest BCUT2D eigenvalue weighted by Crippen LogP contribution is -2.52. The van der Waals surface area contributed by atoms with E-state index in [1.165, 1.54) is 0 Å². The number of aromatic nitrogens is 5. The van der Waals surface area contributed by atoms with Gasteiger partial charge in [0.1, 0.15) is 6.33 Å². The van der Waals surface area contributed by atoms with E-state index in [2.05, 4.69) is 43.6 Å². The summed E-state index contributed by atoms with van der Waals surface area (Å²) in [5, 5.41) is 0.203. The molecule has 1 saturated heterocycles. The number of piperazine rings is 1. The zero-order valence-electron chi connectivity index (χ0n) is 12.1. The van der Waals surface area contributed by atoms with E-state index in [0.29, 0.717) is 17.9 Å². The fourth-order valence-corrected chi connectivity index (χ4v) is 2.76. The second-order valence-corrected chi connectivity index (χ2v) is 5.44. The third kappa shape index (κ3) is 2.98. The van der Waals surface area contributed by atoms with Gasteiger partial charge in [-0.05, 0) is 25.1 Å². The zero-order chi connectivity index (χ0) is 14.8. The van der Waals surface area contributed by atoms with E-state index in [1.807, 2.05) is 0 Å². The molecule has 0 radical (unpaired) electrons. The number of nitrogens with zero attached hydrogens (tertiary/aromatic N) is 7. The normalized spacial score (nSPS) is 20.0. The summed E-state index contributed by atoms with van der Waals surface area (Å²) in [4.78, 5) is 21.5. The van der Waals surface area contributed by atoms with E-state index in [1.54, 1.807) is 23.3 Å². The first-order valence-electron chi connectivity index (χ1n) is 7.06. The molecule has 7 nitrogen and oxygen atoms in total. The van der Waals surface area contributed by atoms with Crippen LogP contribution in [0.4, 0.5) is 5.95 Å². The molecule has 112 valence electrons. The third-order valence-electron chi connectivity index (χ3n) is 3.77. The first-order chi connectivity index (χ1) is 10.2. The van der Waals surface area contributed by atoms with Crippen molar-refractivity contribution < 1.29 is 0 Å². The van der Waals surface area contributed by atoms with Crippen molar-refractivity contribution >= 4 is 17.5 Å². The summed E-state index contributed by atoms with van der Waals surface area (Å²) in [6, 6.07) is 0.469. The summed E-state index contributed by atoms with van der Waals surface area (Å²) in [5.41, 5.74) is 0. The van der Waals surface area contributed by atoms with Gasteiger partial charge in [0.15, 0.2) is 0 Å². The van der Waals surface area contributed by atoms with Crippen LogP contribution >= 0.6 is 11.6 Å². The van der Waals surface area contributed by atoms with Gasteiger partial charge in [0, 0.05) is 38.1 Å². The lowest BCUT2D eigenvalue weighted by molar-refractivity contribution is 0.198. The zero-order valence-corrected chi connectivity index (χ0v) is 12.9. The van der Waals surface area contributed by atoms with E-state index in [-0.39, 0.29) is 5.28 Å². The van der Waals surface area contributed by atoms with Gasteiger partial charge in [0.05, 0.1) is 0 Å². The molecule has 2 aromatic rings. The van der Waals surface area contributed by atoms with Crippen LogP contribution in [0.3, 0.4) is 0 Å². The Morgan fingerprint density at radius 3 is 2.71 bits per heavy atom. The maximum Gasteiger partial charge on any atom is 0.241 e. The number of halogens is 1. The molecule has 21 heavy (non-hydrogen) atoms. The maximum atomic E-state index is 6.05. The highest BCUT2D eigenvalue weighted by Gasteiger charge is 2.24. The molecule has 0 aromatic carbocycles. The molecule has 3 rings (SSSR count). The first kappa shape index (κ1) is 14.2. The number of imidazole rings is 1. The Morgan fingerprint density at radius 2 is 2.05 bits per heavy atom. The van der Waals surface area contributed by atoms with Crippen LogP contribution in [-0.2, 0) is 0 Å². The molecule has 0 N–H and O–H groups in total. The van der Waals surface area contributed by atoms with Crippen molar-refractivity contribution in [3.05, 3.63) is 24.0 Å². The number of hydrogen-bond acceptors (Lipinski definition) is 6. The molecule has 0 spiro atoms. The van der Waals surface area contributed by atoms with Gasteiger partial charge in [-0.25, -0.2) is 4.98 Å². The van der Waals surface area contributed by atoms with Gasteiger partial charge in [0.25, 0.3) is 0 Å². The highest BCUT2D eigenvalue weighted by Crippen LogP contribution is 2.17. The van der Waals surface area contributed by atoms with E-state index in [4.69, 9.17) is 11.6 Å². The summed E-state index contributed by atoms with van der Waals surface area (Å²) >= 11 is 6.05. The monoisotopic (exact) mass is 307 g/mol. The van der Waals surface area contributed by atoms with Crippen molar-refractivity contribution in [2.24, 2.45) is 0 Å².